The molecule has 2 aromatic heterocycles. The second-order valence-electron chi connectivity index (χ2n) is 4.99. The first kappa shape index (κ1) is 16.8. The van der Waals surface area contributed by atoms with Crippen molar-refractivity contribution in [3.63, 3.8) is 0 Å². The first-order chi connectivity index (χ1) is 11.1. The maximum absolute atomic E-state index is 6.23. The fraction of sp³-hybridized carbons (Fsp3) is 0.250. The second-order valence-corrected chi connectivity index (χ2v) is 8.06. The lowest BCUT2D eigenvalue weighted by molar-refractivity contribution is 0.688. The molecule has 0 bridgehead atoms. The highest BCUT2D eigenvalue weighted by Gasteiger charge is 2.15. The van der Waals surface area contributed by atoms with Gasteiger partial charge in [-0.25, -0.2) is 0 Å². The summed E-state index contributed by atoms with van der Waals surface area (Å²) in [4.78, 5) is 2.42. The Kier molecular flexibility index (Phi) is 5.31. The molecule has 0 unspecified atom stereocenters. The predicted octanol–water partition coefficient (Wildman–Crippen LogP) is 5.93. The lowest BCUT2D eigenvalue weighted by Crippen LogP contribution is -1.99. The smallest absolute Gasteiger partial charge is 0.191 e. The largest absolute Gasteiger partial charge is 0.302 e. The van der Waals surface area contributed by atoms with E-state index in [1.54, 1.807) is 29.2 Å². The zero-order valence-corrected chi connectivity index (χ0v) is 15.9. The van der Waals surface area contributed by atoms with Gasteiger partial charge in [-0.05, 0) is 43.7 Å². The minimum absolute atomic E-state index is 0.649. The number of rotatable bonds is 5. The molecule has 0 amide bonds. The van der Waals surface area contributed by atoms with E-state index in [4.69, 9.17) is 23.2 Å². The molecule has 2 heterocycles. The van der Waals surface area contributed by atoms with E-state index in [0.717, 1.165) is 33.7 Å². The van der Waals surface area contributed by atoms with Crippen molar-refractivity contribution in [3.8, 4) is 10.7 Å². The van der Waals surface area contributed by atoms with Crippen LogP contribution in [0.15, 0.2) is 35.5 Å². The monoisotopic (exact) mass is 383 g/mol. The summed E-state index contributed by atoms with van der Waals surface area (Å²) in [5.74, 6) is 1.66. The molecule has 0 aliphatic heterocycles. The zero-order chi connectivity index (χ0) is 16.4. The van der Waals surface area contributed by atoms with Crippen molar-refractivity contribution >= 4 is 46.3 Å². The van der Waals surface area contributed by atoms with Crippen molar-refractivity contribution in [1.82, 2.24) is 14.8 Å². The maximum Gasteiger partial charge on any atom is 0.191 e. The minimum atomic E-state index is 0.649. The molecule has 0 aliphatic carbocycles. The van der Waals surface area contributed by atoms with Gasteiger partial charge in [0.2, 0.25) is 0 Å². The van der Waals surface area contributed by atoms with Crippen molar-refractivity contribution in [3.05, 3.63) is 50.8 Å². The van der Waals surface area contributed by atoms with Crippen LogP contribution in [-0.4, -0.2) is 14.8 Å². The molecular formula is C16H15Cl2N3S2. The SMILES string of the molecule is CCn1c(SCc2ccc(Cl)cc2Cl)nnc1-c1ccc(C)s1. The van der Waals surface area contributed by atoms with Gasteiger partial charge in [-0.15, -0.1) is 21.5 Å². The number of hydrogen-bond acceptors (Lipinski definition) is 4. The van der Waals surface area contributed by atoms with Gasteiger partial charge in [-0.2, -0.15) is 0 Å². The average Bonchev–Trinajstić information content (AvgIpc) is 3.12. The summed E-state index contributed by atoms with van der Waals surface area (Å²) in [5, 5.41) is 10.9. The third-order valence-corrected chi connectivity index (χ3v) is 5.96. The first-order valence-corrected chi connectivity index (χ1v) is 9.71. The number of halogens is 2. The second kappa shape index (κ2) is 7.26. The summed E-state index contributed by atoms with van der Waals surface area (Å²) < 4.78 is 2.14. The Bertz CT molecular complexity index is 827. The molecule has 7 heteroatoms. The molecule has 0 radical (unpaired) electrons. The molecule has 0 saturated carbocycles. The van der Waals surface area contributed by atoms with Crippen LogP contribution in [0.5, 0.6) is 0 Å². The summed E-state index contributed by atoms with van der Waals surface area (Å²) in [5.41, 5.74) is 1.04. The van der Waals surface area contributed by atoms with Gasteiger partial charge in [0.1, 0.15) is 0 Å². The topological polar surface area (TPSA) is 30.7 Å². The summed E-state index contributed by atoms with van der Waals surface area (Å²) >= 11 is 15.5. The van der Waals surface area contributed by atoms with E-state index < -0.39 is 0 Å². The van der Waals surface area contributed by atoms with E-state index in [0.29, 0.717) is 10.0 Å². The van der Waals surface area contributed by atoms with Gasteiger partial charge in [0.05, 0.1) is 4.88 Å². The number of aryl methyl sites for hydroxylation is 1. The van der Waals surface area contributed by atoms with E-state index in [-0.39, 0.29) is 0 Å². The van der Waals surface area contributed by atoms with Gasteiger partial charge in [0, 0.05) is 27.2 Å². The molecule has 3 rings (SSSR count). The molecule has 0 N–H and O–H groups in total. The van der Waals surface area contributed by atoms with Crippen LogP contribution < -0.4 is 0 Å². The van der Waals surface area contributed by atoms with Crippen molar-refractivity contribution in [2.24, 2.45) is 0 Å². The van der Waals surface area contributed by atoms with Crippen LogP contribution in [0.25, 0.3) is 10.7 Å². The number of thiophene rings is 1. The van der Waals surface area contributed by atoms with Crippen LogP contribution in [0.2, 0.25) is 10.0 Å². The number of benzene rings is 1. The van der Waals surface area contributed by atoms with E-state index in [2.05, 4.69) is 40.7 Å². The quantitative estimate of drug-likeness (QED) is 0.511. The molecule has 0 fully saturated rings. The van der Waals surface area contributed by atoms with Gasteiger partial charge in [0.25, 0.3) is 0 Å². The van der Waals surface area contributed by atoms with Crippen LogP contribution in [0.1, 0.15) is 17.4 Å². The molecule has 3 nitrogen and oxygen atoms in total. The van der Waals surface area contributed by atoms with Crippen LogP contribution in [-0.2, 0) is 12.3 Å². The third-order valence-electron chi connectivity index (χ3n) is 3.37. The van der Waals surface area contributed by atoms with Crippen molar-refractivity contribution in [1.29, 1.82) is 0 Å². The van der Waals surface area contributed by atoms with E-state index in [1.807, 2.05) is 12.1 Å². The highest BCUT2D eigenvalue weighted by molar-refractivity contribution is 7.98. The molecule has 0 saturated heterocycles. The summed E-state index contributed by atoms with van der Waals surface area (Å²) in [7, 11) is 0. The summed E-state index contributed by atoms with van der Waals surface area (Å²) in [6.45, 7) is 5.03. The normalized spacial score (nSPS) is 11.1. The van der Waals surface area contributed by atoms with Gasteiger partial charge in [-0.1, -0.05) is 41.0 Å². The zero-order valence-electron chi connectivity index (χ0n) is 12.7. The molecule has 1 aromatic carbocycles. The molecule has 3 aromatic rings. The highest BCUT2D eigenvalue weighted by Crippen LogP contribution is 2.32. The predicted molar refractivity (Wildman–Crippen MR) is 99.8 cm³/mol. The Morgan fingerprint density at radius 3 is 2.65 bits per heavy atom. The van der Waals surface area contributed by atoms with Crippen LogP contribution in [0.4, 0.5) is 0 Å². The van der Waals surface area contributed by atoms with Gasteiger partial charge in [0.15, 0.2) is 11.0 Å². The molecule has 23 heavy (non-hydrogen) atoms. The number of aromatic nitrogens is 3. The maximum atomic E-state index is 6.23. The summed E-state index contributed by atoms with van der Waals surface area (Å²) in [6, 6.07) is 9.78. The number of thioether (sulfide) groups is 1. The fourth-order valence-corrected chi connectivity index (χ4v) is 4.62. The van der Waals surface area contributed by atoms with Crippen LogP contribution in [0.3, 0.4) is 0 Å². The summed E-state index contributed by atoms with van der Waals surface area (Å²) in [6.07, 6.45) is 0. The van der Waals surface area contributed by atoms with Gasteiger partial charge >= 0.3 is 0 Å². The Morgan fingerprint density at radius 1 is 1.17 bits per heavy atom. The molecular weight excluding hydrogens is 369 g/mol. The highest BCUT2D eigenvalue weighted by atomic mass is 35.5. The Balaban J connectivity index is 1.82. The lowest BCUT2D eigenvalue weighted by atomic mass is 10.2. The van der Waals surface area contributed by atoms with Crippen LogP contribution in [0, 0.1) is 6.92 Å². The van der Waals surface area contributed by atoms with E-state index >= 15 is 0 Å². The Labute approximate surface area is 153 Å². The molecule has 0 spiro atoms. The Hall–Kier alpha value is -1.01. The first-order valence-electron chi connectivity index (χ1n) is 7.15. The van der Waals surface area contributed by atoms with Crippen molar-refractivity contribution in [2.45, 2.75) is 31.3 Å². The van der Waals surface area contributed by atoms with Crippen LogP contribution >= 0.6 is 46.3 Å². The Morgan fingerprint density at radius 2 is 2.00 bits per heavy atom. The lowest BCUT2D eigenvalue weighted by Gasteiger charge is -2.07. The van der Waals surface area contributed by atoms with E-state index in [9.17, 15) is 0 Å². The molecule has 0 aliphatic rings. The fourth-order valence-electron chi connectivity index (χ4n) is 2.20. The standard InChI is InChI=1S/C16H15Cl2N3S2/c1-3-21-15(14-7-4-10(2)23-14)19-20-16(21)22-9-11-5-6-12(17)8-13(11)18/h4-8H,3,9H2,1-2H3. The van der Waals surface area contributed by atoms with Crippen molar-refractivity contribution < 1.29 is 0 Å². The van der Waals surface area contributed by atoms with Gasteiger partial charge in [-0.3, -0.25) is 0 Å². The molecule has 0 atom stereocenters. The number of nitrogens with zero attached hydrogens (tertiary/aromatic N) is 3. The third kappa shape index (κ3) is 3.74. The average molecular weight is 384 g/mol. The number of hydrogen-bond donors (Lipinski definition) is 0. The van der Waals surface area contributed by atoms with Gasteiger partial charge < -0.3 is 4.57 Å². The van der Waals surface area contributed by atoms with Crippen molar-refractivity contribution in [2.75, 3.05) is 0 Å². The molecule has 120 valence electrons. The minimum Gasteiger partial charge on any atom is -0.302 e. The van der Waals surface area contributed by atoms with E-state index in [1.165, 1.54) is 4.88 Å².